The second kappa shape index (κ2) is 15.1. The maximum atomic E-state index is 14.2. The lowest BCUT2D eigenvalue weighted by Crippen LogP contribution is -2.45. The minimum Gasteiger partial charge on any atom is -0.392 e. The van der Waals surface area contributed by atoms with Crippen LogP contribution < -0.4 is 16.0 Å². The third-order valence-electron chi connectivity index (χ3n) is 7.08. The van der Waals surface area contributed by atoms with E-state index in [0.29, 0.717) is 36.6 Å². The van der Waals surface area contributed by atoms with Gasteiger partial charge in [0.1, 0.15) is 5.82 Å². The van der Waals surface area contributed by atoms with Crippen molar-refractivity contribution in [2.24, 2.45) is 5.92 Å². The molecule has 1 aliphatic rings. The highest BCUT2D eigenvalue weighted by Crippen LogP contribution is 2.33. The van der Waals surface area contributed by atoms with Crippen molar-refractivity contribution in [1.82, 2.24) is 20.9 Å². The molecule has 3 aromatic carbocycles. The van der Waals surface area contributed by atoms with Gasteiger partial charge in [-0.3, -0.25) is 14.4 Å². The molecular weight excluding hydrogens is 567 g/mol. The lowest BCUT2D eigenvalue weighted by Gasteiger charge is -2.25. The van der Waals surface area contributed by atoms with Crippen LogP contribution in [0.15, 0.2) is 71.6 Å². The molecule has 0 radical (unpaired) electrons. The lowest BCUT2D eigenvalue weighted by molar-refractivity contribution is -0.135. The quantitative estimate of drug-likeness (QED) is 0.245. The van der Waals surface area contributed by atoms with Crippen molar-refractivity contribution in [3.63, 3.8) is 0 Å². The predicted octanol–water partition coefficient (Wildman–Crippen LogP) is 4.32. The molecule has 8 nitrogen and oxygen atoms in total. The molecule has 1 unspecified atom stereocenters. The molecular formula is C33H39FN4O4S. The number of amides is 3. The molecule has 4 rings (SSSR count). The normalized spacial score (nSPS) is 16.2. The minimum atomic E-state index is -0.906. The lowest BCUT2D eigenvalue weighted by atomic mass is 9.98. The predicted molar refractivity (Wildman–Crippen MR) is 167 cm³/mol. The third-order valence-corrected chi connectivity index (χ3v) is 8.27. The van der Waals surface area contributed by atoms with E-state index in [1.165, 1.54) is 12.1 Å². The number of nitrogens with zero attached hydrogens (tertiary/aromatic N) is 1. The van der Waals surface area contributed by atoms with E-state index < -0.39 is 17.3 Å². The van der Waals surface area contributed by atoms with E-state index >= 15 is 0 Å². The van der Waals surface area contributed by atoms with Gasteiger partial charge in [-0.1, -0.05) is 67.2 Å². The molecule has 3 atom stereocenters. The molecule has 4 N–H and O–H groups in total. The summed E-state index contributed by atoms with van der Waals surface area (Å²) in [7, 11) is 0. The number of nitrogens with one attached hydrogen (secondary N) is 3. The van der Waals surface area contributed by atoms with E-state index in [-0.39, 0.29) is 36.6 Å². The second-order valence-electron chi connectivity index (χ2n) is 10.9. The summed E-state index contributed by atoms with van der Waals surface area (Å²) in [4.78, 5) is 41.5. The average molecular weight is 607 g/mol. The number of fused-ring (bicyclic) bond motifs is 1. The van der Waals surface area contributed by atoms with Gasteiger partial charge in [0.15, 0.2) is 5.37 Å². The van der Waals surface area contributed by atoms with E-state index in [1.54, 1.807) is 24.0 Å². The van der Waals surface area contributed by atoms with Gasteiger partial charge in [-0.15, -0.1) is 0 Å². The number of benzene rings is 3. The van der Waals surface area contributed by atoms with Crippen LogP contribution in [0.25, 0.3) is 11.1 Å². The number of carbonyl (C=O) groups excluding carboxylic acids is 3. The van der Waals surface area contributed by atoms with Crippen LogP contribution in [-0.2, 0) is 22.7 Å². The molecule has 0 saturated heterocycles. The van der Waals surface area contributed by atoms with E-state index in [2.05, 4.69) is 16.0 Å². The summed E-state index contributed by atoms with van der Waals surface area (Å²) in [6.45, 7) is 7.57. The number of halogens is 1. The number of thioether (sulfide) groups is 1. The van der Waals surface area contributed by atoms with Crippen LogP contribution in [0.2, 0.25) is 0 Å². The summed E-state index contributed by atoms with van der Waals surface area (Å²) >= 11 is 1.15. The molecule has 0 bridgehead atoms. The molecule has 10 heteroatoms. The summed E-state index contributed by atoms with van der Waals surface area (Å²) < 4.78 is 14.2. The standard InChI is InChI=1S/C33H39FN4O4S/c1-4-36-31(41)28-8-6-5-7-27(28)24-11-9-23(10-12-24)19-38-20-25-13-14-26(34)16-29(25)43-32(33(38)42)37-30(40)15-21(2)17-35-18-22(3)39/h5-14,16,21-22,32,35,39H,4,15,17-20H2,1-3H3,(H,36,41)(H,37,40)/t21?,22-,32-/m1/s1. The second-order valence-corrected chi connectivity index (χ2v) is 12.1. The van der Waals surface area contributed by atoms with Gasteiger partial charge in [0, 0.05) is 43.1 Å². The SMILES string of the molecule is CCNC(=O)c1ccccc1-c1ccc(CN2Cc3ccc(F)cc3S[C@@H](NC(=O)CC(C)CNC[C@@H](C)O)C2=O)cc1. The van der Waals surface area contributed by atoms with Crippen molar-refractivity contribution in [2.45, 2.75) is 56.7 Å². The fraction of sp³-hybridized carbons (Fsp3) is 0.364. The van der Waals surface area contributed by atoms with Crippen molar-refractivity contribution in [3.05, 3.63) is 89.2 Å². The Morgan fingerprint density at radius 2 is 1.81 bits per heavy atom. The minimum absolute atomic E-state index is 0.0119. The first-order valence-electron chi connectivity index (χ1n) is 14.5. The Morgan fingerprint density at radius 3 is 2.53 bits per heavy atom. The first kappa shape index (κ1) is 32.2. The molecule has 3 aromatic rings. The molecule has 0 spiro atoms. The van der Waals surface area contributed by atoms with Gasteiger partial charge in [0.05, 0.1) is 6.10 Å². The molecule has 0 saturated carbocycles. The van der Waals surface area contributed by atoms with Crippen molar-refractivity contribution < 1.29 is 23.9 Å². The van der Waals surface area contributed by atoms with Gasteiger partial charge in [-0.2, -0.15) is 0 Å². The van der Waals surface area contributed by atoms with Crippen LogP contribution >= 0.6 is 11.8 Å². The Labute approximate surface area is 256 Å². The zero-order valence-electron chi connectivity index (χ0n) is 24.7. The van der Waals surface area contributed by atoms with Crippen LogP contribution in [0.5, 0.6) is 0 Å². The number of aliphatic hydroxyl groups is 1. The van der Waals surface area contributed by atoms with Crippen molar-refractivity contribution >= 4 is 29.5 Å². The van der Waals surface area contributed by atoms with Crippen LogP contribution in [0.3, 0.4) is 0 Å². The molecule has 0 aliphatic carbocycles. The van der Waals surface area contributed by atoms with Crippen LogP contribution in [0, 0.1) is 11.7 Å². The van der Waals surface area contributed by atoms with Crippen molar-refractivity contribution in [1.29, 1.82) is 0 Å². The van der Waals surface area contributed by atoms with Gasteiger partial charge in [0.25, 0.3) is 11.8 Å². The van der Waals surface area contributed by atoms with Crippen LogP contribution in [0.1, 0.15) is 48.7 Å². The molecule has 228 valence electrons. The van der Waals surface area contributed by atoms with Crippen LogP contribution in [-0.4, -0.2) is 58.8 Å². The Balaban J connectivity index is 1.50. The summed E-state index contributed by atoms with van der Waals surface area (Å²) in [5, 5.41) is 17.4. The Hall–Kier alpha value is -3.73. The van der Waals surface area contributed by atoms with E-state index in [4.69, 9.17) is 0 Å². The zero-order chi connectivity index (χ0) is 30.9. The topological polar surface area (TPSA) is 111 Å². The number of hydrogen-bond donors (Lipinski definition) is 4. The summed E-state index contributed by atoms with van der Waals surface area (Å²) in [5.41, 5.74) is 3.97. The fourth-order valence-electron chi connectivity index (χ4n) is 4.95. The molecule has 1 heterocycles. The fourth-order valence-corrected chi connectivity index (χ4v) is 6.11. The maximum absolute atomic E-state index is 14.2. The average Bonchev–Trinajstić information content (AvgIpc) is 3.09. The maximum Gasteiger partial charge on any atom is 0.256 e. The van der Waals surface area contributed by atoms with Gasteiger partial charge in [-0.25, -0.2) is 4.39 Å². The van der Waals surface area contributed by atoms with E-state index in [9.17, 15) is 23.9 Å². The van der Waals surface area contributed by atoms with E-state index in [1.807, 2.05) is 56.3 Å². The Bertz CT molecular complexity index is 1430. The monoisotopic (exact) mass is 606 g/mol. The van der Waals surface area contributed by atoms with Gasteiger partial charge < -0.3 is 26.0 Å². The van der Waals surface area contributed by atoms with E-state index in [0.717, 1.165) is 34.0 Å². The van der Waals surface area contributed by atoms with Crippen LogP contribution in [0.4, 0.5) is 4.39 Å². The van der Waals surface area contributed by atoms with Gasteiger partial charge in [0.2, 0.25) is 5.91 Å². The largest absolute Gasteiger partial charge is 0.392 e. The summed E-state index contributed by atoms with van der Waals surface area (Å²) in [6, 6.07) is 19.6. The highest BCUT2D eigenvalue weighted by Gasteiger charge is 2.32. The van der Waals surface area contributed by atoms with Gasteiger partial charge in [-0.05, 0) is 66.8 Å². The summed E-state index contributed by atoms with van der Waals surface area (Å²) in [6.07, 6.45) is -0.279. The number of hydrogen-bond acceptors (Lipinski definition) is 6. The smallest absolute Gasteiger partial charge is 0.256 e. The Kier molecular flexibility index (Phi) is 11.3. The number of rotatable bonds is 12. The Morgan fingerprint density at radius 1 is 1.07 bits per heavy atom. The first-order valence-corrected chi connectivity index (χ1v) is 15.4. The zero-order valence-corrected chi connectivity index (χ0v) is 25.5. The molecule has 43 heavy (non-hydrogen) atoms. The number of aliphatic hydroxyl groups excluding tert-OH is 1. The first-order chi connectivity index (χ1) is 20.6. The molecule has 3 amide bonds. The highest BCUT2D eigenvalue weighted by molar-refractivity contribution is 8.00. The van der Waals surface area contributed by atoms with Crippen molar-refractivity contribution in [2.75, 3.05) is 19.6 Å². The summed E-state index contributed by atoms with van der Waals surface area (Å²) in [5.74, 6) is -1.09. The highest BCUT2D eigenvalue weighted by atomic mass is 32.2. The van der Waals surface area contributed by atoms with Gasteiger partial charge >= 0.3 is 0 Å². The number of carbonyl (C=O) groups is 3. The van der Waals surface area contributed by atoms with Crippen molar-refractivity contribution in [3.8, 4) is 11.1 Å². The molecule has 0 aromatic heterocycles. The molecule has 1 aliphatic heterocycles. The molecule has 0 fully saturated rings. The third kappa shape index (κ3) is 8.89.